The van der Waals surface area contributed by atoms with Crippen LogP contribution in [-0.2, 0) is 0 Å². The Bertz CT molecular complexity index is 980. The smallest absolute Gasteiger partial charge is 0.269 e. The number of benzene rings is 1. The van der Waals surface area contributed by atoms with Gasteiger partial charge in [-0.3, -0.25) is 9.78 Å². The lowest BCUT2D eigenvalue weighted by Crippen LogP contribution is -2.20. The summed E-state index contributed by atoms with van der Waals surface area (Å²) in [5.74, 6) is 1.06. The van der Waals surface area contributed by atoms with E-state index in [2.05, 4.69) is 15.6 Å². The van der Waals surface area contributed by atoms with Crippen LogP contribution < -0.4 is 15.4 Å². The van der Waals surface area contributed by atoms with Crippen LogP contribution in [-0.4, -0.2) is 29.0 Å². The molecule has 0 unspecified atom stereocenters. The maximum atomic E-state index is 11.8. The molecule has 3 aromatic rings. The summed E-state index contributed by atoms with van der Waals surface area (Å²) in [6.45, 7) is 0. The van der Waals surface area contributed by atoms with Gasteiger partial charge < -0.3 is 15.4 Å². The highest BCUT2D eigenvalue weighted by atomic mass is 32.1. The molecule has 7 heteroatoms. The van der Waals surface area contributed by atoms with E-state index in [4.69, 9.17) is 9.72 Å². The van der Waals surface area contributed by atoms with Crippen LogP contribution in [0.15, 0.2) is 36.5 Å². The van der Waals surface area contributed by atoms with Crippen molar-refractivity contribution in [1.29, 1.82) is 0 Å². The lowest BCUT2D eigenvalue weighted by molar-refractivity contribution is 0.0958. The van der Waals surface area contributed by atoms with Crippen LogP contribution in [0.4, 0.5) is 5.13 Å². The zero-order valence-electron chi connectivity index (χ0n) is 16.6. The Labute approximate surface area is 174 Å². The summed E-state index contributed by atoms with van der Waals surface area (Å²) in [4.78, 5) is 20.6. The number of hydrogen-bond donors (Lipinski definition) is 2. The number of fused-ring (bicyclic) bond motifs is 1. The number of nitrogens with zero attached hydrogens (tertiary/aromatic N) is 2. The first kappa shape index (κ1) is 19.6. The van der Waals surface area contributed by atoms with Crippen molar-refractivity contribution in [1.82, 2.24) is 15.3 Å². The van der Waals surface area contributed by atoms with Gasteiger partial charge in [-0.2, -0.15) is 0 Å². The zero-order valence-corrected chi connectivity index (χ0v) is 17.4. The van der Waals surface area contributed by atoms with E-state index in [0.717, 1.165) is 15.3 Å². The summed E-state index contributed by atoms with van der Waals surface area (Å²) in [6.07, 6.45) is 10.7. The fraction of sp³-hybridized carbons (Fsp3) is 0.409. The maximum absolute atomic E-state index is 11.8. The quantitative estimate of drug-likeness (QED) is 0.591. The van der Waals surface area contributed by atoms with Gasteiger partial charge in [0.05, 0.1) is 10.2 Å². The third-order valence-corrected chi connectivity index (χ3v) is 6.17. The lowest BCUT2D eigenvalue weighted by atomic mass is 9.97. The van der Waals surface area contributed by atoms with Gasteiger partial charge in [-0.05, 0) is 31.0 Å². The van der Waals surface area contributed by atoms with Crippen molar-refractivity contribution in [3.63, 3.8) is 0 Å². The van der Waals surface area contributed by atoms with Gasteiger partial charge >= 0.3 is 0 Å². The van der Waals surface area contributed by atoms with Gasteiger partial charge in [0.15, 0.2) is 5.13 Å². The predicted molar refractivity (Wildman–Crippen MR) is 117 cm³/mol. The second kappa shape index (κ2) is 9.22. The fourth-order valence-corrected chi connectivity index (χ4v) is 4.64. The predicted octanol–water partition coefficient (Wildman–Crippen LogP) is 5.37. The van der Waals surface area contributed by atoms with E-state index < -0.39 is 0 Å². The third kappa shape index (κ3) is 5.03. The molecule has 2 heterocycles. The Morgan fingerprint density at radius 2 is 1.83 bits per heavy atom. The number of rotatable bonds is 5. The number of hydrogen-bond acceptors (Lipinski definition) is 6. The Balaban J connectivity index is 1.47. The van der Waals surface area contributed by atoms with Gasteiger partial charge in [0.2, 0.25) is 0 Å². The molecule has 152 valence electrons. The molecular weight excluding hydrogens is 384 g/mol. The maximum Gasteiger partial charge on any atom is 0.269 e. The molecule has 1 aliphatic rings. The molecule has 1 aromatic carbocycles. The molecule has 0 bridgehead atoms. The van der Waals surface area contributed by atoms with E-state index in [9.17, 15) is 4.79 Å². The average molecular weight is 411 g/mol. The SMILES string of the molecule is CNC(=O)c1cc(Oc2ccc3nc(NC4CCCCCCC4)sc3c2)ccn1. The minimum atomic E-state index is -0.238. The highest BCUT2D eigenvalue weighted by molar-refractivity contribution is 7.22. The third-order valence-electron chi connectivity index (χ3n) is 5.22. The van der Waals surface area contributed by atoms with E-state index in [1.807, 2.05) is 18.2 Å². The average Bonchev–Trinajstić information content (AvgIpc) is 3.11. The number of pyridine rings is 1. The number of amides is 1. The van der Waals surface area contributed by atoms with E-state index in [0.29, 0.717) is 23.2 Å². The Morgan fingerprint density at radius 1 is 1.07 bits per heavy atom. The lowest BCUT2D eigenvalue weighted by Gasteiger charge is -2.20. The van der Waals surface area contributed by atoms with Crippen LogP contribution in [0.3, 0.4) is 0 Å². The van der Waals surface area contributed by atoms with Crippen molar-refractivity contribution in [3.05, 3.63) is 42.2 Å². The van der Waals surface area contributed by atoms with Gasteiger partial charge in [-0.25, -0.2) is 4.98 Å². The summed E-state index contributed by atoms with van der Waals surface area (Å²) >= 11 is 1.66. The van der Waals surface area contributed by atoms with Gasteiger partial charge in [-0.15, -0.1) is 0 Å². The molecule has 0 atom stereocenters. The summed E-state index contributed by atoms with van der Waals surface area (Å²) in [5.41, 5.74) is 1.30. The summed E-state index contributed by atoms with van der Waals surface area (Å²) < 4.78 is 7.03. The van der Waals surface area contributed by atoms with Gasteiger partial charge in [0.1, 0.15) is 17.2 Å². The van der Waals surface area contributed by atoms with E-state index in [-0.39, 0.29) is 5.91 Å². The molecule has 2 N–H and O–H groups in total. The molecule has 29 heavy (non-hydrogen) atoms. The number of carbonyl (C=O) groups excluding carboxylic acids is 1. The first-order chi connectivity index (χ1) is 14.2. The first-order valence-electron chi connectivity index (χ1n) is 10.2. The Morgan fingerprint density at radius 3 is 2.62 bits per heavy atom. The van der Waals surface area contributed by atoms with Crippen molar-refractivity contribution in [2.75, 3.05) is 12.4 Å². The fourth-order valence-electron chi connectivity index (χ4n) is 3.67. The van der Waals surface area contributed by atoms with E-state index in [1.54, 1.807) is 36.7 Å². The molecule has 1 aliphatic carbocycles. The highest BCUT2D eigenvalue weighted by Gasteiger charge is 2.14. The molecule has 6 nitrogen and oxygen atoms in total. The molecular formula is C22H26N4O2S. The van der Waals surface area contributed by atoms with Gasteiger partial charge in [-0.1, -0.05) is 43.4 Å². The molecule has 1 fully saturated rings. The van der Waals surface area contributed by atoms with Gasteiger partial charge in [0.25, 0.3) is 5.91 Å². The van der Waals surface area contributed by atoms with Crippen molar-refractivity contribution in [2.45, 2.75) is 51.0 Å². The Hall–Kier alpha value is -2.67. The van der Waals surface area contributed by atoms with Crippen LogP contribution in [0.2, 0.25) is 0 Å². The van der Waals surface area contributed by atoms with Crippen LogP contribution in [0, 0.1) is 0 Å². The zero-order chi connectivity index (χ0) is 20.1. The number of anilines is 1. The van der Waals surface area contributed by atoms with Crippen LogP contribution in [0.25, 0.3) is 10.2 Å². The first-order valence-corrected chi connectivity index (χ1v) is 11.1. The summed E-state index contributed by atoms with van der Waals surface area (Å²) in [7, 11) is 1.58. The molecule has 0 saturated heterocycles. The van der Waals surface area contributed by atoms with Crippen molar-refractivity contribution < 1.29 is 9.53 Å². The summed E-state index contributed by atoms with van der Waals surface area (Å²) in [5, 5.41) is 7.20. The van der Waals surface area contributed by atoms with E-state index >= 15 is 0 Å². The largest absolute Gasteiger partial charge is 0.457 e. The molecule has 1 amide bonds. The minimum absolute atomic E-state index is 0.238. The van der Waals surface area contributed by atoms with Crippen LogP contribution in [0.1, 0.15) is 55.4 Å². The normalized spacial score (nSPS) is 15.5. The number of carbonyl (C=O) groups is 1. The number of nitrogens with one attached hydrogen (secondary N) is 2. The molecule has 4 rings (SSSR count). The van der Waals surface area contributed by atoms with Crippen LogP contribution in [0.5, 0.6) is 11.5 Å². The van der Waals surface area contributed by atoms with E-state index in [1.165, 1.54) is 44.9 Å². The summed E-state index contributed by atoms with van der Waals surface area (Å²) in [6, 6.07) is 9.78. The number of ether oxygens (including phenoxy) is 1. The van der Waals surface area contributed by atoms with Crippen molar-refractivity contribution in [2.24, 2.45) is 0 Å². The number of thiazole rings is 1. The van der Waals surface area contributed by atoms with Gasteiger partial charge in [0, 0.05) is 31.4 Å². The Kier molecular flexibility index (Phi) is 6.24. The van der Waals surface area contributed by atoms with Crippen molar-refractivity contribution in [3.8, 4) is 11.5 Å². The minimum Gasteiger partial charge on any atom is -0.457 e. The molecule has 0 spiro atoms. The van der Waals surface area contributed by atoms with Crippen molar-refractivity contribution >= 4 is 32.6 Å². The molecule has 2 aromatic heterocycles. The standard InChI is InChI=1S/C22H26N4O2S/c1-23-21(27)19-13-17(11-12-24-19)28-16-9-10-18-20(14-16)29-22(26-18)25-15-7-5-3-2-4-6-8-15/h9-15H,2-8H2,1H3,(H,23,27)(H,25,26). The monoisotopic (exact) mass is 410 g/mol. The highest BCUT2D eigenvalue weighted by Crippen LogP contribution is 2.32. The second-order valence-electron chi connectivity index (χ2n) is 7.39. The molecule has 0 aliphatic heterocycles. The second-order valence-corrected chi connectivity index (χ2v) is 8.42. The number of aromatic nitrogens is 2. The van der Waals surface area contributed by atoms with Crippen LogP contribution >= 0.6 is 11.3 Å². The molecule has 0 radical (unpaired) electrons. The topological polar surface area (TPSA) is 76.1 Å². The molecule has 1 saturated carbocycles.